The molecule has 11 nitrogen and oxygen atoms in total. The maximum Gasteiger partial charge on any atom is 0.275 e. The van der Waals surface area contributed by atoms with E-state index in [2.05, 4.69) is 35.7 Å². The van der Waals surface area contributed by atoms with Crippen molar-refractivity contribution in [2.24, 2.45) is 15.9 Å². The van der Waals surface area contributed by atoms with Gasteiger partial charge in [0.2, 0.25) is 5.91 Å². The summed E-state index contributed by atoms with van der Waals surface area (Å²) in [7, 11) is 0. The van der Waals surface area contributed by atoms with E-state index in [1.54, 1.807) is 32.9 Å². The average molecular weight is 396 g/mol. The number of amides is 2. The highest BCUT2D eigenvalue weighted by Crippen LogP contribution is 2.30. The predicted octanol–water partition coefficient (Wildman–Crippen LogP) is 0.948. The van der Waals surface area contributed by atoms with Crippen LogP contribution in [0.25, 0.3) is 0 Å². The van der Waals surface area contributed by atoms with Gasteiger partial charge in [-0.25, -0.2) is 15.0 Å². The molecule has 0 aliphatic carbocycles. The van der Waals surface area contributed by atoms with E-state index in [4.69, 9.17) is 10.6 Å². The Morgan fingerprint density at radius 3 is 2.76 bits per heavy atom. The third kappa shape index (κ3) is 4.89. The molecule has 2 aromatic rings. The van der Waals surface area contributed by atoms with E-state index in [0.717, 1.165) is 5.71 Å². The summed E-state index contributed by atoms with van der Waals surface area (Å²) in [5.41, 5.74) is 6.52. The Morgan fingerprint density at radius 2 is 2.10 bits per heavy atom. The monoisotopic (exact) mass is 396 g/mol. The van der Waals surface area contributed by atoms with E-state index >= 15 is 0 Å². The van der Waals surface area contributed by atoms with Crippen molar-refractivity contribution in [3.63, 3.8) is 0 Å². The van der Waals surface area contributed by atoms with Crippen LogP contribution in [0.4, 0.5) is 5.69 Å². The second-order valence-corrected chi connectivity index (χ2v) is 6.75. The Labute approximate surface area is 166 Å². The molecule has 1 aliphatic rings. The van der Waals surface area contributed by atoms with Crippen molar-refractivity contribution >= 4 is 29.2 Å². The molecule has 1 aliphatic heterocycles. The number of rotatable bonds is 5. The predicted molar refractivity (Wildman–Crippen MR) is 105 cm³/mol. The second kappa shape index (κ2) is 8.00. The van der Waals surface area contributed by atoms with E-state index in [1.165, 1.54) is 18.6 Å². The van der Waals surface area contributed by atoms with Gasteiger partial charge in [0, 0.05) is 11.9 Å². The maximum absolute atomic E-state index is 12.4. The minimum absolute atomic E-state index is 0.0279. The molecule has 1 unspecified atom stereocenters. The van der Waals surface area contributed by atoms with Crippen molar-refractivity contribution in [1.82, 2.24) is 20.3 Å². The summed E-state index contributed by atoms with van der Waals surface area (Å²) < 4.78 is 0. The summed E-state index contributed by atoms with van der Waals surface area (Å²) in [4.78, 5) is 45.9. The summed E-state index contributed by atoms with van der Waals surface area (Å²) in [6.45, 7) is 5.30. The lowest BCUT2D eigenvalue weighted by Crippen LogP contribution is -2.46. The molecule has 11 heteroatoms. The zero-order valence-electron chi connectivity index (χ0n) is 16.1. The van der Waals surface area contributed by atoms with Gasteiger partial charge in [-0.1, -0.05) is 5.16 Å². The molecular weight excluding hydrogens is 376 g/mol. The van der Waals surface area contributed by atoms with E-state index in [1.807, 2.05) is 0 Å². The van der Waals surface area contributed by atoms with Gasteiger partial charge in [-0.05, 0) is 32.9 Å². The van der Waals surface area contributed by atoms with Crippen molar-refractivity contribution in [2.75, 3.05) is 5.32 Å². The van der Waals surface area contributed by atoms with Crippen LogP contribution in [0.15, 0.2) is 40.9 Å². The molecule has 0 fully saturated rings. The standard InChI is InChI=1S/C18H20N8O3/c1-10(2)26-29-15-9-21-12(8-22-15)16(28)23-11-4-5-20-13(6-11)18(3)7-14(27)24-17(19)25-18/h4-6,8-9H,7H2,1-3H3,(H,20,23,28)(H3,19,24,25,27). The number of nitrogens with one attached hydrogen (secondary N) is 2. The van der Waals surface area contributed by atoms with Gasteiger partial charge in [0.15, 0.2) is 5.96 Å². The molecule has 3 rings (SSSR count). The third-order valence-electron chi connectivity index (χ3n) is 3.89. The van der Waals surface area contributed by atoms with Crippen LogP contribution in [-0.4, -0.2) is 38.4 Å². The number of nitrogens with zero attached hydrogens (tertiary/aromatic N) is 5. The van der Waals surface area contributed by atoms with E-state index < -0.39 is 11.4 Å². The Balaban J connectivity index is 1.75. The molecule has 0 saturated carbocycles. The lowest BCUT2D eigenvalue weighted by Gasteiger charge is -2.28. The summed E-state index contributed by atoms with van der Waals surface area (Å²) in [6.07, 6.45) is 4.19. The summed E-state index contributed by atoms with van der Waals surface area (Å²) in [5, 5.41) is 8.93. The number of carbonyl (C=O) groups excluding carboxylic acids is 2. The molecule has 29 heavy (non-hydrogen) atoms. The Hall–Kier alpha value is -3.89. The zero-order valence-corrected chi connectivity index (χ0v) is 16.1. The normalized spacial score (nSPS) is 18.3. The van der Waals surface area contributed by atoms with Gasteiger partial charge in [-0.2, -0.15) is 0 Å². The van der Waals surface area contributed by atoms with Crippen LogP contribution in [0.1, 0.15) is 43.4 Å². The van der Waals surface area contributed by atoms with Crippen LogP contribution in [0, 0.1) is 0 Å². The quantitative estimate of drug-likeness (QED) is 0.501. The van der Waals surface area contributed by atoms with Gasteiger partial charge in [-0.15, -0.1) is 0 Å². The first-order valence-corrected chi connectivity index (χ1v) is 8.68. The van der Waals surface area contributed by atoms with Crippen LogP contribution in [0.3, 0.4) is 0 Å². The number of aliphatic imine (C=N–C) groups is 1. The molecule has 0 aromatic carbocycles. The number of anilines is 1. The molecule has 150 valence electrons. The van der Waals surface area contributed by atoms with Gasteiger partial charge in [0.05, 0.1) is 30.2 Å². The summed E-state index contributed by atoms with van der Waals surface area (Å²) in [6, 6.07) is 3.25. The second-order valence-electron chi connectivity index (χ2n) is 6.75. The van der Waals surface area contributed by atoms with Crippen molar-refractivity contribution < 1.29 is 14.4 Å². The first kappa shape index (κ1) is 19.9. The molecule has 0 radical (unpaired) electrons. The highest BCUT2D eigenvalue weighted by Gasteiger charge is 2.34. The molecule has 2 aromatic heterocycles. The number of guanidine groups is 1. The number of hydrogen-bond donors (Lipinski definition) is 3. The molecule has 2 amide bonds. The molecule has 3 heterocycles. The minimum atomic E-state index is -0.927. The molecule has 0 bridgehead atoms. The Kier molecular flexibility index (Phi) is 5.48. The lowest BCUT2D eigenvalue weighted by atomic mass is 9.92. The smallest absolute Gasteiger partial charge is 0.275 e. The largest absolute Gasteiger partial charge is 0.370 e. The van der Waals surface area contributed by atoms with E-state index in [0.29, 0.717) is 11.4 Å². The Morgan fingerprint density at radius 1 is 1.31 bits per heavy atom. The lowest BCUT2D eigenvalue weighted by molar-refractivity contribution is -0.121. The van der Waals surface area contributed by atoms with Gasteiger partial charge in [0.1, 0.15) is 11.2 Å². The fourth-order valence-corrected chi connectivity index (χ4v) is 2.60. The van der Waals surface area contributed by atoms with Crippen molar-refractivity contribution in [2.45, 2.75) is 32.7 Å². The zero-order chi connectivity index (χ0) is 21.0. The van der Waals surface area contributed by atoms with Gasteiger partial charge in [0.25, 0.3) is 11.8 Å². The van der Waals surface area contributed by atoms with Crippen LogP contribution in [-0.2, 0) is 10.3 Å². The number of hydrogen-bond acceptors (Lipinski definition) is 9. The summed E-state index contributed by atoms with van der Waals surface area (Å²) >= 11 is 0. The molecule has 0 spiro atoms. The highest BCUT2D eigenvalue weighted by atomic mass is 16.6. The van der Waals surface area contributed by atoms with Crippen molar-refractivity contribution in [3.05, 3.63) is 42.1 Å². The van der Waals surface area contributed by atoms with Crippen LogP contribution in [0.5, 0.6) is 5.88 Å². The van der Waals surface area contributed by atoms with Crippen LogP contribution >= 0.6 is 0 Å². The molecule has 0 saturated heterocycles. The fraction of sp³-hybridized carbons (Fsp3) is 0.278. The van der Waals surface area contributed by atoms with Crippen molar-refractivity contribution in [1.29, 1.82) is 0 Å². The van der Waals surface area contributed by atoms with E-state index in [-0.39, 0.29) is 29.9 Å². The number of carbonyl (C=O) groups is 2. The maximum atomic E-state index is 12.4. The van der Waals surface area contributed by atoms with Gasteiger partial charge in [-0.3, -0.25) is 19.9 Å². The van der Waals surface area contributed by atoms with Crippen LogP contribution < -0.4 is 21.2 Å². The third-order valence-corrected chi connectivity index (χ3v) is 3.89. The SMILES string of the molecule is CC(C)=NOc1cnc(C(=O)Nc2ccnc(C3(C)CC(=O)NC(N)=N3)c2)cn1. The highest BCUT2D eigenvalue weighted by molar-refractivity contribution is 6.02. The van der Waals surface area contributed by atoms with Crippen molar-refractivity contribution in [3.8, 4) is 5.88 Å². The Bertz CT molecular complexity index is 998. The van der Waals surface area contributed by atoms with Crippen LogP contribution in [0.2, 0.25) is 0 Å². The van der Waals surface area contributed by atoms with E-state index in [9.17, 15) is 9.59 Å². The number of aromatic nitrogens is 3. The minimum Gasteiger partial charge on any atom is -0.370 e. The molecular formula is C18H20N8O3. The molecule has 4 N–H and O–H groups in total. The first-order chi connectivity index (χ1) is 13.7. The average Bonchev–Trinajstić information content (AvgIpc) is 2.66. The number of pyridine rings is 1. The number of oxime groups is 1. The first-order valence-electron chi connectivity index (χ1n) is 8.68. The topological polar surface area (TPSA) is 157 Å². The molecule has 1 atom stereocenters. The summed E-state index contributed by atoms with van der Waals surface area (Å²) in [5.74, 6) is -0.518. The van der Waals surface area contributed by atoms with Gasteiger partial charge >= 0.3 is 0 Å². The fourth-order valence-electron chi connectivity index (χ4n) is 2.60. The van der Waals surface area contributed by atoms with Gasteiger partial charge < -0.3 is 15.9 Å². The number of nitrogens with two attached hydrogens (primary N) is 1.